The van der Waals surface area contributed by atoms with Gasteiger partial charge in [0.05, 0.1) is 6.04 Å². The van der Waals surface area contributed by atoms with Crippen LogP contribution in [0.25, 0.3) is 0 Å². The van der Waals surface area contributed by atoms with E-state index in [-0.39, 0.29) is 11.9 Å². The Kier molecular flexibility index (Phi) is 3.61. The number of alkyl halides is 3. The van der Waals surface area contributed by atoms with Crippen LogP contribution >= 0.6 is 0 Å². The van der Waals surface area contributed by atoms with Crippen molar-refractivity contribution >= 4 is 5.91 Å². The Morgan fingerprint density at radius 2 is 1.94 bits per heavy atom. The van der Waals surface area contributed by atoms with Crippen LogP contribution in [0.2, 0.25) is 0 Å². The monoisotopic (exact) mass is 250 g/mol. The zero-order valence-electron chi connectivity index (χ0n) is 9.59. The fourth-order valence-corrected chi connectivity index (χ4v) is 2.23. The van der Waals surface area contributed by atoms with Crippen LogP contribution in [0, 0.1) is 0 Å². The minimum Gasteiger partial charge on any atom is -0.329 e. The molecule has 2 rings (SSSR count). The lowest BCUT2D eigenvalue weighted by Crippen LogP contribution is -2.51. The number of nitrogens with zero attached hydrogens (tertiary/aromatic N) is 1. The van der Waals surface area contributed by atoms with Gasteiger partial charge in [0.2, 0.25) is 5.91 Å². The molecule has 1 saturated carbocycles. The van der Waals surface area contributed by atoms with Crippen molar-refractivity contribution < 1.29 is 18.0 Å². The molecule has 1 unspecified atom stereocenters. The maximum Gasteiger partial charge on any atom is 0.406 e. The van der Waals surface area contributed by atoms with Gasteiger partial charge in [-0.05, 0) is 32.2 Å². The van der Waals surface area contributed by atoms with E-state index >= 15 is 0 Å². The van der Waals surface area contributed by atoms with E-state index in [0.717, 1.165) is 24.3 Å². The van der Waals surface area contributed by atoms with Crippen molar-refractivity contribution in [1.29, 1.82) is 0 Å². The third-order valence-electron chi connectivity index (χ3n) is 3.23. The first-order valence-corrected chi connectivity index (χ1v) is 6.08. The van der Waals surface area contributed by atoms with Crippen molar-refractivity contribution in [3.8, 4) is 0 Å². The summed E-state index contributed by atoms with van der Waals surface area (Å²) in [4.78, 5) is 13.0. The smallest absolute Gasteiger partial charge is 0.329 e. The van der Waals surface area contributed by atoms with E-state index in [9.17, 15) is 18.0 Å². The molecule has 3 nitrogen and oxygen atoms in total. The highest BCUT2D eigenvalue weighted by Crippen LogP contribution is 2.31. The lowest BCUT2D eigenvalue weighted by molar-refractivity contribution is -0.164. The summed E-state index contributed by atoms with van der Waals surface area (Å²) in [6.07, 6.45) is -0.337. The van der Waals surface area contributed by atoms with Gasteiger partial charge in [0, 0.05) is 6.04 Å². The quantitative estimate of drug-likeness (QED) is 0.826. The second-order valence-electron chi connectivity index (χ2n) is 4.81. The standard InChI is InChI=1S/C11H17F3N2O/c12-11(13,14)7-16(8-4-5-8)10(17)9-3-1-2-6-15-9/h8-9,15H,1-7H2. The zero-order chi connectivity index (χ0) is 12.5. The first-order chi connectivity index (χ1) is 7.97. The number of carbonyl (C=O) groups excluding carboxylic acids is 1. The number of carbonyl (C=O) groups is 1. The predicted octanol–water partition coefficient (Wildman–Crippen LogP) is 1.68. The summed E-state index contributed by atoms with van der Waals surface area (Å²) in [5, 5.41) is 3.01. The Morgan fingerprint density at radius 1 is 1.24 bits per heavy atom. The van der Waals surface area contributed by atoms with Crippen LogP contribution in [0.5, 0.6) is 0 Å². The maximum absolute atomic E-state index is 12.4. The second kappa shape index (κ2) is 4.84. The normalized spacial score (nSPS) is 25.7. The van der Waals surface area contributed by atoms with E-state index in [1.807, 2.05) is 0 Å². The van der Waals surface area contributed by atoms with E-state index in [1.54, 1.807) is 0 Å². The van der Waals surface area contributed by atoms with Crippen LogP contribution in [0.4, 0.5) is 13.2 Å². The van der Waals surface area contributed by atoms with Gasteiger partial charge in [0.15, 0.2) is 0 Å². The molecule has 0 radical (unpaired) electrons. The average Bonchev–Trinajstić information content (AvgIpc) is 3.09. The highest BCUT2D eigenvalue weighted by molar-refractivity contribution is 5.82. The van der Waals surface area contributed by atoms with E-state index in [4.69, 9.17) is 0 Å². The summed E-state index contributed by atoms with van der Waals surface area (Å²) in [7, 11) is 0. The molecule has 1 amide bonds. The Bertz CT molecular complexity index is 283. The van der Waals surface area contributed by atoms with Crippen molar-refractivity contribution in [3.05, 3.63) is 0 Å². The van der Waals surface area contributed by atoms with Crippen molar-refractivity contribution in [3.63, 3.8) is 0 Å². The Hall–Kier alpha value is -0.780. The Balaban J connectivity index is 1.97. The van der Waals surface area contributed by atoms with E-state index in [1.165, 1.54) is 0 Å². The molecule has 0 spiro atoms. The zero-order valence-corrected chi connectivity index (χ0v) is 9.59. The van der Waals surface area contributed by atoms with Crippen molar-refractivity contribution in [2.24, 2.45) is 0 Å². The van der Waals surface area contributed by atoms with Crippen LogP contribution in [-0.2, 0) is 4.79 Å². The van der Waals surface area contributed by atoms with Gasteiger partial charge in [-0.15, -0.1) is 0 Å². The SMILES string of the molecule is O=C(C1CCCCN1)N(CC(F)(F)F)C1CC1. The summed E-state index contributed by atoms with van der Waals surface area (Å²) in [6.45, 7) is -0.379. The number of hydrogen-bond acceptors (Lipinski definition) is 2. The topological polar surface area (TPSA) is 32.3 Å². The molecular formula is C11H17F3N2O. The highest BCUT2D eigenvalue weighted by atomic mass is 19.4. The minimum absolute atomic E-state index is 0.187. The average molecular weight is 250 g/mol. The summed E-state index contributed by atoms with van der Waals surface area (Å²) in [6, 6.07) is -0.598. The van der Waals surface area contributed by atoms with E-state index < -0.39 is 18.8 Å². The first-order valence-electron chi connectivity index (χ1n) is 6.08. The molecule has 98 valence electrons. The minimum atomic E-state index is -4.30. The lowest BCUT2D eigenvalue weighted by Gasteiger charge is -2.30. The molecular weight excluding hydrogens is 233 g/mol. The summed E-state index contributed by atoms with van der Waals surface area (Å²) < 4.78 is 37.2. The van der Waals surface area contributed by atoms with Crippen LogP contribution in [0.3, 0.4) is 0 Å². The molecule has 17 heavy (non-hydrogen) atoms. The van der Waals surface area contributed by atoms with Gasteiger partial charge in [0.25, 0.3) is 0 Å². The van der Waals surface area contributed by atoms with Crippen molar-refractivity contribution in [2.75, 3.05) is 13.1 Å². The number of nitrogens with one attached hydrogen (secondary N) is 1. The lowest BCUT2D eigenvalue weighted by atomic mass is 10.0. The van der Waals surface area contributed by atoms with Gasteiger partial charge >= 0.3 is 6.18 Å². The molecule has 2 aliphatic rings. The molecule has 0 aromatic heterocycles. The maximum atomic E-state index is 12.4. The van der Waals surface area contributed by atoms with Gasteiger partial charge in [0.1, 0.15) is 6.54 Å². The largest absolute Gasteiger partial charge is 0.406 e. The molecule has 1 N–H and O–H groups in total. The molecule has 1 saturated heterocycles. The van der Waals surface area contributed by atoms with Gasteiger partial charge in [-0.2, -0.15) is 13.2 Å². The van der Waals surface area contributed by atoms with Crippen LogP contribution in [-0.4, -0.2) is 42.2 Å². The number of piperidine rings is 1. The number of rotatable bonds is 3. The van der Waals surface area contributed by atoms with Gasteiger partial charge in [-0.25, -0.2) is 0 Å². The third-order valence-corrected chi connectivity index (χ3v) is 3.23. The molecule has 1 atom stereocenters. The molecule has 0 aromatic carbocycles. The number of amides is 1. The van der Waals surface area contributed by atoms with Gasteiger partial charge < -0.3 is 10.2 Å². The second-order valence-corrected chi connectivity index (χ2v) is 4.81. The predicted molar refractivity (Wildman–Crippen MR) is 56.4 cm³/mol. The molecule has 1 aliphatic carbocycles. The fourth-order valence-electron chi connectivity index (χ4n) is 2.23. The van der Waals surface area contributed by atoms with E-state index in [2.05, 4.69) is 5.32 Å². The first kappa shape index (κ1) is 12.7. The van der Waals surface area contributed by atoms with E-state index in [0.29, 0.717) is 19.3 Å². The summed E-state index contributed by atoms with van der Waals surface area (Å²) >= 11 is 0. The van der Waals surface area contributed by atoms with Crippen LogP contribution in [0.15, 0.2) is 0 Å². The Morgan fingerprint density at radius 3 is 2.41 bits per heavy atom. The van der Waals surface area contributed by atoms with Gasteiger partial charge in [-0.1, -0.05) is 6.42 Å². The molecule has 1 heterocycles. The fraction of sp³-hybridized carbons (Fsp3) is 0.909. The molecule has 1 aliphatic heterocycles. The molecule has 0 bridgehead atoms. The Labute approximate surface area is 98.3 Å². The highest BCUT2D eigenvalue weighted by Gasteiger charge is 2.42. The van der Waals surface area contributed by atoms with Crippen molar-refractivity contribution in [1.82, 2.24) is 10.2 Å². The van der Waals surface area contributed by atoms with Gasteiger partial charge in [-0.3, -0.25) is 4.79 Å². The van der Waals surface area contributed by atoms with Crippen molar-refractivity contribution in [2.45, 2.75) is 50.4 Å². The molecule has 6 heteroatoms. The summed E-state index contributed by atoms with van der Waals surface area (Å²) in [5.41, 5.74) is 0. The van der Waals surface area contributed by atoms with Crippen LogP contribution < -0.4 is 5.32 Å². The number of hydrogen-bond donors (Lipinski definition) is 1. The molecule has 0 aromatic rings. The summed E-state index contributed by atoms with van der Waals surface area (Å²) in [5.74, 6) is -0.371. The third kappa shape index (κ3) is 3.59. The number of halogens is 3. The molecule has 2 fully saturated rings. The van der Waals surface area contributed by atoms with Crippen LogP contribution in [0.1, 0.15) is 32.1 Å².